The Kier molecular flexibility index (Phi) is 4.18. The number of aromatic nitrogens is 3. The van der Waals surface area contributed by atoms with E-state index in [9.17, 15) is 5.26 Å². The van der Waals surface area contributed by atoms with Crippen LogP contribution in [0.4, 0.5) is 0 Å². The van der Waals surface area contributed by atoms with E-state index in [4.69, 9.17) is 0 Å². The normalized spacial score (nSPS) is 11.2. The summed E-state index contributed by atoms with van der Waals surface area (Å²) in [6, 6.07) is 20.5. The first-order valence-electron chi connectivity index (χ1n) is 7.97. The van der Waals surface area contributed by atoms with Crippen molar-refractivity contribution >= 4 is 0 Å². The fourth-order valence-corrected chi connectivity index (χ4v) is 2.67. The molecule has 4 nitrogen and oxygen atoms in total. The van der Waals surface area contributed by atoms with E-state index < -0.39 is 0 Å². The maximum atomic E-state index is 9.38. The minimum Gasteiger partial charge on any atom is -0.239 e. The third-order valence-electron chi connectivity index (χ3n) is 4.04. The molecule has 0 saturated heterocycles. The van der Waals surface area contributed by atoms with Gasteiger partial charge in [-0.15, -0.1) is 5.10 Å². The van der Waals surface area contributed by atoms with Gasteiger partial charge in [-0.2, -0.15) is 5.26 Å². The van der Waals surface area contributed by atoms with Crippen molar-refractivity contribution in [3.05, 3.63) is 71.4 Å². The van der Waals surface area contributed by atoms with E-state index in [-0.39, 0.29) is 5.41 Å². The largest absolute Gasteiger partial charge is 0.239 e. The Morgan fingerprint density at radius 1 is 1.00 bits per heavy atom. The third kappa shape index (κ3) is 3.21. The van der Waals surface area contributed by atoms with Gasteiger partial charge in [-0.3, -0.25) is 0 Å². The average Bonchev–Trinajstić information content (AvgIpc) is 2.98. The minimum atomic E-state index is 0.0964. The molecule has 0 fully saturated rings. The van der Waals surface area contributed by atoms with Gasteiger partial charge in [0.15, 0.2) is 5.69 Å². The van der Waals surface area contributed by atoms with Crippen LogP contribution in [-0.4, -0.2) is 15.0 Å². The Morgan fingerprint density at radius 3 is 2.25 bits per heavy atom. The van der Waals surface area contributed by atoms with E-state index in [2.05, 4.69) is 49.3 Å². The highest BCUT2D eigenvalue weighted by Crippen LogP contribution is 2.27. The van der Waals surface area contributed by atoms with E-state index in [0.717, 1.165) is 16.8 Å². The van der Waals surface area contributed by atoms with Gasteiger partial charge in [0.25, 0.3) is 0 Å². The SMILES string of the molecule is CC(C)(C)c1ccc(-c2c(C#N)nnn2Cc2ccccc2)cc1. The minimum absolute atomic E-state index is 0.0964. The molecule has 0 N–H and O–H groups in total. The van der Waals surface area contributed by atoms with Crippen molar-refractivity contribution < 1.29 is 0 Å². The highest BCUT2D eigenvalue weighted by atomic mass is 15.4. The molecule has 2 aromatic carbocycles. The zero-order chi connectivity index (χ0) is 17.2. The van der Waals surface area contributed by atoms with Crippen molar-refractivity contribution in [3.63, 3.8) is 0 Å². The lowest BCUT2D eigenvalue weighted by Gasteiger charge is -2.19. The first-order chi connectivity index (χ1) is 11.5. The molecule has 4 heteroatoms. The topological polar surface area (TPSA) is 54.5 Å². The summed E-state index contributed by atoms with van der Waals surface area (Å²) in [6.45, 7) is 7.14. The molecule has 0 aliphatic heterocycles. The van der Waals surface area contributed by atoms with Gasteiger partial charge in [0.05, 0.1) is 6.54 Å². The summed E-state index contributed by atoms with van der Waals surface area (Å²) in [6.07, 6.45) is 0. The fourth-order valence-electron chi connectivity index (χ4n) is 2.67. The van der Waals surface area contributed by atoms with Gasteiger partial charge in [0.1, 0.15) is 11.8 Å². The molecule has 24 heavy (non-hydrogen) atoms. The van der Waals surface area contributed by atoms with Gasteiger partial charge in [-0.25, -0.2) is 4.68 Å². The maximum Gasteiger partial charge on any atom is 0.190 e. The Labute approximate surface area is 142 Å². The van der Waals surface area contributed by atoms with Gasteiger partial charge in [0, 0.05) is 5.56 Å². The number of nitrogens with zero attached hydrogens (tertiary/aromatic N) is 4. The van der Waals surface area contributed by atoms with Crippen molar-refractivity contribution in [1.29, 1.82) is 5.26 Å². The lowest BCUT2D eigenvalue weighted by Crippen LogP contribution is -2.10. The molecular weight excluding hydrogens is 296 g/mol. The molecule has 0 amide bonds. The summed E-state index contributed by atoms with van der Waals surface area (Å²) >= 11 is 0. The molecule has 1 heterocycles. The molecule has 0 aliphatic carbocycles. The van der Waals surface area contributed by atoms with E-state index >= 15 is 0 Å². The molecular formula is C20H20N4. The van der Waals surface area contributed by atoms with E-state index in [1.54, 1.807) is 4.68 Å². The summed E-state index contributed by atoms with van der Waals surface area (Å²) in [7, 11) is 0. The van der Waals surface area contributed by atoms with Gasteiger partial charge in [-0.1, -0.05) is 80.6 Å². The Balaban J connectivity index is 2.01. The molecule has 120 valence electrons. The van der Waals surface area contributed by atoms with Crippen LogP contribution in [0.15, 0.2) is 54.6 Å². The summed E-state index contributed by atoms with van der Waals surface area (Å²) in [5, 5.41) is 17.6. The summed E-state index contributed by atoms with van der Waals surface area (Å²) in [5.74, 6) is 0. The molecule has 3 aromatic rings. The first kappa shape index (κ1) is 15.9. The number of benzene rings is 2. The van der Waals surface area contributed by atoms with Gasteiger partial charge in [-0.05, 0) is 16.5 Å². The van der Waals surface area contributed by atoms with Crippen molar-refractivity contribution in [3.8, 4) is 17.3 Å². The van der Waals surface area contributed by atoms with Crippen molar-refractivity contribution in [1.82, 2.24) is 15.0 Å². The highest BCUT2D eigenvalue weighted by Gasteiger charge is 2.17. The molecule has 1 aromatic heterocycles. The quantitative estimate of drug-likeness (QED) is 0.729. The Bertz CT molecular complexity index is 863. The van der Waals surface area contributed by atoms with Gasteiger partial charge >= 0.3 is 0 Å². The lowest BCUT2D eigenvalue weighted by atomic mass is 9.86. The van der Waals surface area contributed by atoms with Crippen LogP contribution in [0, 0.1) is 11.3 Å². The zero-order valence-corrected chi connectivity index (χ0v) is 14.2. The first-order valence-corrected chi connectivity index (χ1v) is 7.97. The second-order valence-electron chi connectivity index (χ2n) is 6.87. The molecule has 0 aliphatic rings. The third-order valence-corrected chi connectivity index (χ3v) is 4.04. The highest BCUT2D eigenvalue weighted by molar-refractivity contribution is 5.65. The van der Waals surface area contributed by atoms with Crippen molar-refractivity contribution in [2.45, 2.75) is 32.7 Å². The Morgan fingerprint density at radius 2 is 1.67 bits per heavy atom. The Hall–Kier alpha value is -2.93. The molecule has 0 radical (unpaired) electrons. The summed E-state index contributed by atoms with van der Waals surface area (Å²) in [5.41, 5.74) is 4.56. The standard InChI is InChI=1S/C20H20N4/c1-20(2,3)17-11-9-16(10-12-17)19-18(13-21)22-23-24(19)14-15-7-5-4-6-8-15/h4-12H,14H2,1-3H3. The predicted octanol–water partition coefficient (Wildman–Crippen LogP) is 4.16. The molecule has 0 bridgehead atoms. The molecule has 0 saturated carbocycles. The van der Waals surface area contributed by atoms with Crippen LogP contribution < -0.4 is 0 Å². The van der Waals surface area contributed by atoms with Crippen molar-refractivity contribution in [2.24, 2.45) is 0 Å². The van der Waals surface area contributed by atoms with Crippen LogP contribution >= 0.6 is 0 Å². The monoisotopic (exact) mass is 316 g/mol. The number of hydrogen-bond acceptors (Lipinski definition) is 3. The van der Waals surface area contributed by atoms with Crippen LogP contribution in [0.1, 0.15) is 37.6 Å². The van der Waals surface area contributed by atoms with E-state index in [0.29, 0.717) is 12.2 Å². The molecule has 0 spiro atoms. The van der Waals surface area contributed by atoms with Crippen LogP contribution in [0.3, 0.4) is 0 Å². The smallest absolute Gasteiger partial charge is 0.190 e. The summed E-state index contributed by atoms with van der Waals surface area (Å²) < 4.78 is 1.79. The van der Waals surface area contributed by atoms with E-state index in [1.165, 1.54) is 5.56 Å². The average molecular weight is 316 g/mol. The van der Waals surface area contributed by atoms with Crippen LogP contribution in [0.2, 0.25) is 0 Å². The van der Waals surface area contributed by atoms with Gasteiger partial charge < -0.3 is 0 Å². The van der Waals surface area contributed by atoms with Crippen LogP contribution in [-0.2, 0) is 12.0 Å². The van der Waals surface area contributed by atoms with E-state index in [1.807, 2.05) is 42.5 Å². The number of hydrogen-bond donors (Lipinski definition) is 0. The second kappa shape index (κ2) is 6.29. The molecule has 3 rings (SSSR count). The zero-order valence-electron chi connectivity index (χ0n) is 14.2. The second-order valence-corrected chi connectivity index (χ2v) is 6.87. The van der Waals surface area contributed by atoms with Crippen molar-refractivity contribution in [2.75, 3.05) is 0 Å². The predicted molar refractivity (Wildman–Crippen MR) is 94.4 cm³/mol. The number of rotatable bonds is 3. The molecule has 0 atom stereocenters. The lowest BCUT2D eigenvalue weighted by molar-refractivity contribution is 0.590. The number of nitriles is 1. The van der Waals surface area contributed by atoms with Gasteiger partial charge in [0.2, 0.25) is 0 Å². The maximum absolute atomic E-state index is 9.38. The van der Waals surface area contributed by atoms with Crippen LogP contribution in [0.5, 0.6) is 0 Å². The molecule has 0 unspecified atom stereocenters. The summed E-state index contributed by atoms with van der Waals surface area (Å²) in [4.78, 5) is 0. The fraction of sp³-hybridized carbons (Fsp3) is 0.250. The van der Waals surface area contributed by atoms with Crippen LogP contribution in [0.25, 0.3) is 11.3 Å².